The predicted molar refractivity (Wildman–Crippen MR) is 35.1 cm³/mol. The second kappa shape index (κ2) is 2.92. The van der Waals surface area contributed by atoms with E-state index in [2.05, 4.69) is 0 Å². The molecule has 0 fully saturated rings. The van der Waals surface area contributed by atoms with Gasteiger partial charge in [-0.05, 0) is 0 Å². The SMILES string of the molecule is CC(=O)[O][Sn]([CH3])([CH3])[Cl]. The molecule has 0 unspecified atom stereocenters. The fourth-order valence-electron chi connectivity index (χ4n) is 0.342. The van der Waals surface area contributed by atoms with Crippen molar-refractivity contribution in [1.82, 2.24) is 0 Å². The molecule has 2 nitrogen and oxygen atoms in total. The predicted octanol–water partition coefficient (Wildman–Crippen LogP) is 1.49. The standard InChI is InChI=1S/C2H4O2.2CH3.ClH.Sn/c1-2(3)4;;;;/h1H3,(H,3,4);2*1H3;1H;/q;;;;+2/p-2. The van der Waals surface area contributed by atoms with Crippen LogP contribution in [0.15, 0.2) is 0 Å². The molecule has 4 heteroatoms. The summed E-state index contributed by atoms with van der Waals surface area (Å²) in [6, 6.07) is 0. The van der Waals surface area contributed by atoms with E-state index in [1.165, 1.54) is 6.92 Å². The van der Waals surface area contributed by atoms with Gasteiger partial charge in [0, 0.05) is 0 Å². The molecule has 0 radical (unpaired) electrons. The summed E-state index contributed by atoms with van der Waals surface area (Å²) >= 11 is -2.73. The van der Waals surface area contributed by atoms with Crippen LogP contribution in [0.3, 0.4) is 0 Å². The fraction of sp³-hybridized carbons (Fsp3) is 0.750. The zero-order chi connectivity index (χ0) is 6.78. The monoisotopic (exact) mass is 244 g/mol. The zero-order valence-corrected chi connectivity index (χ0v) is 8.80. The van der Waals surface area contributed by atoms with Gasteiger partial charge in [0.05, 0.1) is 0 Å². The van der Waals surface area contributed by atoms with Crippen LogP contribution >= 0.6 is 8.92 Å². The van der Waals surface area contributed by atoms with Gasteiger partial charge in [-0.25, -0.2) is 0 Å². The van der Waals surface area contributed by atoms with E-state index in [0.29, 0.717) is 0 Å². The summed E-state index contributed by atoms with van der Waals surface area (Å²) in [6.45, 7) is 1.38. The molecule has 0 aromatic carbocycles. The fourth-order valence-corrected chi connectivity index (χ4v) is 3.02. The molecule has 0 saturated carbocycles. The second-order valence-electron chi connectivity index (χ2n) is 1.96. The van der Waals surface area contributed by atoms with Gasteiger partial charge in [-0.2, -0.15) is 0 Å². The van der Waals surface area contributed by atoms with E-state index in [-0.39, 0.29) is 5.97 Å². The summed E-state index contributed by atoms with van der Waals surface area (Å²) in [5, 5.41) is 0. The van der Waals surface area contributed by atoms with Crippen LogP contribution in [0.1, 0.15) is 6.92 Å². The van der Waals surface area contributed by atoms with Gasteiger partial charge in [-0.3, -0.25) is 0 Å². The van der Waals surface area contributed by atoms with E-state index in [1.807, 2.05) is 9.88 Å². The van der Waals surface area contributed by atoms with Crippen molar-refractivity contribution in [3.05, 3.63) is 0 Å². The van der Waals surface area contributed by atoms with Crippen LogP contribution in [-0.2, 0) is 7.87 Å². The molecule has 48 valence electrons. The van der Waals surface area contributed by atoms with Gasteiger partial charge < -0.3 is 0 Å². The van der Waals surface area contributed by atoms with Crippen LogP contribution in [-0.4, -0.2) is 23.6 Å². The summed E-state index contributed by atoms with van der Waals surface area (Å²) in [6.07, 6.45) is 0. The Hall–Kier alpha value is 0.559. The van der Waals surface area contributed by atoms with Gasteiger partial charge in [0.25, 0.3) is 0 Å². The Labute approximate surface area is 57.3 Å². The van der Waals surface area contributed by atoms with Crippen molar-refractivity contribution < 1.29 is 7.87 Å². The number of hydrogen-bond acceptors (Lipinski definition) is 2. The first-order valence-corrected chi connectivity index (χ1v) is 12.8. The van der Waals surface area contributed by atoms with E-state index < -0.39 is 17.7 Å². The van der Waals surface area contributed by atoms with E-state index in [4.69, 9.17) is 12.0 Å². The molecule has 0 N–H and O–H groups in total. The first-order chi connectivity index (χ1) is 3.42. The number of rotatable bonds is 1. The van der Waals surface area contributed by atoms with E-state index in [9.17, 15) is 4.79 Å². The minimum atomic E-state index is -2.73. The maximum atomic E-state index is 10.2. The summed E-state index contributed by atoms with van der Waals surface area (Å²) in [7, 11) is 5.70. The van der Waals surface area contributed by atoms with Crippen LogP contribution < -0.4 is 0 Å². The Bertz CT molecular complexity index is 96.7. The topological polar surface area (TPSA) is 26.3 Å². The molecule has 0 aliphatic carbocycles. The summed E-state index contributed by atoms with van der Waals surface area (Å²) in [4.78, 5) is 13.8. The van der Waals surface area contributed by atoms with Crippen LogP contribution in [0.5, 0.6) is 0 Å². The molecule has 0 aromatic rings. The number of hydrogen-bond donors (Lipinski definition) is 0. The maximum absolute atomic E-state index is 10.2. The average molecular weight is 243 g/mol. The molecular formula is C4H9ClO2Sn. The molecule has 0 spiro atoms. The van der Waals surface area contributed by atoms with Crippen LogP contribution in [0, 0.1) is 0 Å². The molecule has 0 heterocycles. The molecule has 0 atom stereocenters. The molecule has 0 aliphatic heterocycles. The summed E-state index contributed by atoms with van der Waals surface area (Å²) in [5.74, 6) is -0.263. The van der Waals surface area contributed by atoms with Crippen LogP contribution in [0.25, 0.3) is 0 Å². The van der Waals surface area contributed by atoms with Crippen LogP contribution in [0.4, 0.5) is 0 Å². The first-order valence-electron chi connectivity index (χ1n) is 2.30. The van der Waals surface area contributed by atoms with E-state index in [1.54, 1.807) is 0 Å². The van der Waals surface area contributed by atoms with Gasteiger partial charge in [0.2, 0.25) is 0 Å². The third-order valence-electron chi connectivity index (χ3n) is 0.386. The Balaban J connectivity index is 3.55. The van der Waals surface area contributed by atoms with Crippen molar-refractivity contribution >= 4 is 32.6 Å². The minimum absolute atomic E-state index is 0.263. The number of carbonyl (C=O) groups excluding carboxylic acids is 1. The molecule has 0 rings (SSSR count). The Morgan fingerprint density at radius 2 is 2.00 bits per heavy atom. The van der Waals surface area contributed by atoms with Crippen molar-refractivity contribution in [2.75, 3.05) is 0 Å². The summed E-state index contributed by atoms with van der Waals surface area (Å²) in [5.41, 5.74) is 0. The van der Waals surface area contributed by atoms with Crippen LogP contribution in [0.2, 0.25) is 9.88 Å². The quantitative estimate of drug-likeness (QED) is 0.652. The van der Waals surface area contributed by atoms with Crippen molar-refractivity contribution in [2.45, 2.75) is 16.8 Å². The molecular weight excluding hydrogens is 234 g/mol. The van der Waals surface area contributed by atoms with Gasteiger partial charge in [0.1, 0.15) is 0 Å². The van der Waals surface area contributed by atoms with Crippen molar-refractivity contribution in [3.63, 3.8) is 0 Å². The normalized spacial score (nSPS) is 11.0. The van der Waals surface area contributed by atoms with Gasteiger partial charge >= 0.3 is 57.2 Å². The number of halogens is 1. The Morgan fingerprint density at radius 1 is 1.62 bits per heavy atom. The molecule has 0 aromatic heterocycles. The van der Waals surface area contributed by atoms with Gasteiger partial charge in [-0.1, -0.05) is 0 Å². The van der Waals surface area contributed by atoms with Crippen molar-refractivity contribution in [3.8, 4) is 0 Å². The molecule has 0 saturated heterocycles. The third kappa shape index (κ3) is 6.56. The van der Waals surface area contributed by atoms with E-state index in [0.717, 1.165) is 0 Å². The van der Waals surface area contributed by atoms with Crippen molar-refractivity contribution in [1.29, 1.82) is 0 Å². The Kier molecular flexibility index (Phi) is 3.12. The average Bonchev–Trinajstić information content (AvgIpc) is 1.21. The third-order valence-corrected chi connectivity index (χ3v) is 3.11. The molecule has 0 aliphatic rings. The van der Waals surface area contributed by atoms with Crippen molar-refractivity contribution in [2.24, 2.45) is 0 Å². The van der Waals surface area contributed by atoms with Gasteiger partial charge in [-0.15, -0.1) is 0 Å². The van der Waals surface area contributed by atoms with E-state index >= 15 is 0 Å². The Morgan fingerprint density at radius 3 is 2.00 bits per heavy atom. The number of carbonyl (C=O) groups is 1. The van der Waals surface area contributed by atoms with Gasteiger partial charge in [0.15, 0.2) is 0 Å². The summed E-state index contributed by atoms with van der Waals surface area (Å²) < 4.78 is 4.77. The second-order valence-corrected chi connectivity index (χ2v) is 16.4. The molecule has 0 amide bonds. The molecule has 8 heavy (non-hydrogen) atoms. The first kappa shape index (κ1) is 8.56. The molecule has 0 bridgehead atoms. The zero-order valence-electron chi connectivity index (χ0n) is 5.19.